The van der Waals surface area contributed by atoms with E-state index in [0.717, 1.165) is 0 Å². The van der Waals surface area contributed by atoms with Gasteiger partial charge in [-0.15, -0.1) is 0 Å². The fraction of sp³-hybridized carbons (Fsp3) is 0.600. The lowest BCUT2D eigenvalue weighted by molar-refractivity contribution is 0.276. The van der Waals surface area contributed by atoms with Crippen LogP contribution in [0.1, 0.15) is 55.5 Å². The molecule has 0 amide bonds. The number of hydrogen-bond donors (Lipinski definition) is 2. The summed E-state index contributed by atoms with van der Waals surface area (Å²) in [5.41, 5.74) is 11.3. The minimum absolute atomic E-state index is 0.0611. The molecule has 0 saturated heterocycles. The molecule has 1 aromatic carbocycles. The molecule has 1 rings (SSSR count). The summed E-state index contributed by atoms with van der Waals surface area (Å²) in [7, 11) is 0. The van der Waals surface area contributed by atoms with Crippen LogP contribution in [0.4, 0.5) is 0 Å². The molecule has 0 fully saturated rings. The monoisotopic (exact) mass is 235 g/mol. The maximum absolute atomic E-state index is 8.98. The summed E-state index contributed by atoms with van der Waals surface area (Å²) in [6.45, 7) is 11.0. The molecule has 0 aliphatic carbocycles. The van der Waals surface area contributed by atoms with Gasteiger partial charge in [-0.2, -0.15) is 0 Å². The Morgan fingerprint density at radius 1 is 1.18 bits per heavy atom. The van der Waals surface area contributed by atoms with E-state index in [1.807, 2.05) is 0 Å². The van der Waals surface area contributed by atoms with Crippen molar-refractivity contribution in [1.82, 2.24) is 0 Å². The van der Waals surface area contributed by atoms with Gasteiger partial charge in [0.2, 0.25) is 0 Å². The van der Waals surface area contributed by atoms with Crippen molar-refractivity contribution in [2.75, 3.05) is 6.61 Å². The van der Waals surface area contributed by atoms with Crippen molar-refractivity contribution in [3.8, 4) is 0 Å². The molecule has 96 valence electrons. The Labute approximate surface area is 105 Å². The minimum atomic E-state index is -0.0611. The Balaban J connectivity index is 3.20. The van der Waals surface area contributed by atoms with Gasteiger partial charge in [-0.05, 0) is 47.9 Å². The molecule has 0 aliphatic rings. The Morgan fingerprint density at radius 3 is 2.00 bits per heavy atom. The van der Waals surface area contributed by atoms with E-state index in [0.29, 0.717) is 6.42 Å². The van der Waals surface area contributed by atoms with Crippen molar-refractivity contribution in [3.05, 3.63) is 34.4 Å². The largest absolute Gasteiger partial charge is 0.396 e. The number of aliphatic hydroxyl groups is 1. The van der Waals surface area contributed by atoms with Crippen molar-refractivity contribution in [2.24, 2.45) is 5.73 Å². The topological polar surface area (TPSA) is 46.2 Å². The molecule has 1 unspecified atom stereocenters. The summed E-state index contributed by atoms with van der Waals surface area (Å²) in [6, 6.07) is 4.38. The lowest BCUT2D eigenvalue weighted by atomic mass is 9.82. The molecule has 0 aliphatic heterocycles. The Morgan fingerprint density at radius 2 is 1.65 bits per heavy atom. The van der Waals surface area contributed by atoms with E-state index in [1.54, 1.807) is 0 Å². The average molecular weight is 235 g/mol. The first-order chi connectivity index (χ1) is 7.77. The number of rotatable bonds is 3. The van der Waals surface area contributed by atoms with Gasteiger partial charge in [0, 0.05) is 12.6 Å². The molecule has 0 saturated carbocycles. The molecule has 1 aromatic rings. The first-order valence-electron chi connectivity index (χ1n) is 6.25. The van der Waals surface area contributed by atoms with Crippen LogP contribution in [0.25, 0.3) is 0 Å². The van der Waals surface area contributed by atoms with Gasteiger partial charge in [0.15, 0.2) is 0 Å². The van der Waals surface area contributed by atoms with E-state index in [9.17, 15) is 0 Å². The van der Waals surface area contributed by atoms with Crippen LogP contribution in [0.15, 0.2) is 12.1 Å². The van der Waals surface area contributed by atoms with E-state index >= 15 is 0 Å². The Bertz CT molecular complexity index is 367. The molecule has 0 spiro atoms. The fourth-order valence-corrected chi connectivity index (χ4v) is 2.28. The highest BCUT2D eigenvalue weighted by molar-refractivity contribution is 5.42. The third kappa shape index (κ3) is 3.30. The van der Waals surface area contributed by atoms with Crippen molar-refractivity contribution >= 4 is 0 Å². The number of aryl methyl sites for hydroxylation is 2. The fourth-order valence-electron chi connectivity index (χ4n) is 2.28. The summed E-state index contributed by atoms with van der Waals surface area (Å²) < 4.78 is 0. The molecule has 0 aromatic heterocycles. The van der Waals surface area contributed by atoms with Crippen LogP contribution in [0.5, 0.6) is 0 Å². The zero-order chi connectivity index (χ0) is 13.2. The molecule has 1 atom stereocenters. The predicted octanol–water partition coefficient (Wildman–Crippen LogP) is 2.98. The third-order valence-corrected chi connectivity index (χ3v) is 3.27. The van der Waals surface area contributed by atoms with Crippen molar-refractivity contribution < 1.29 is 5.11 Å². The highest BCUT2D eigenvalue weighted by Crippen LogP contribution is 2.29. The van der Waals surface area contributed by atoms with Crippen LogP contribution in [0.3, 0.4) is 0 Å². The Kier molecular flexibility index (Phi) is 4.34. The standard InChI is InChI=1S/C15H25NO/c1-10-8-12(15(3,4)5)9-11(2)14(10)13(16)6-7-17/h8-9,13,17H,6-7,16H2,1-5H3. The quantitative estimate of drug-likeness (QED) is 0.846. The lowest BCUT2D eigenvalue weighted by Gasteiger charge is -2.24. The maximum Gasteiger partial charge on any atom is 0.0449 e. The molecule has 0 bridgehead atoms. The van der Waals surface area contributed by atoms with Crippen molar-refractivity contribution in [3.63, 3.8) is 0 Å². The summed E-state index contributed by atoms with van der Waals surface area (Å²) in [5.74, 6) is 0. The van der Waals surface area contributed by atoms with E-state index in [4.69, 9.17) is 10.8 Å². The van der Waals surface area contributed by atoms with Crippen LogP contribution in [-0.2, 0) is 5.41 Å². The van der Waals surface area contributed by atoms with E-state index in [-0.39, 0.29) is 18.1 Å². The summed E-state index contributed by atoms with van der Waals surface area (Å²) in [4.78, 5) is 0. The second-order valence-electron chi connectivity index (χ2n) is 5.89. The van der Waals surface area contributed by atoms with Gasteiger partial charge in [0.1, 0.15) is 0 Å². The maximum atomic E-state index is 8.98. The van der Waals surface area contributed by atoms with Crippen LogP contribution in [0.2, 0.25) is 0 Å². The normalized spacial score (nSPS) is 13.8. The molecule has 0 heterocycles. The Hall–Kier alpha value is -0.860. The second kappa shape index (κ2) is 5.19. The summed E-state index contributed by atoms with van der Waals surface area (Å²) in [5, 5.41) is 8.98. The lowest BCUT2D eigenvalue weighted by Crippen LogP contribution is -2.17. The second-order valence-corrected chi connectivity index (χ2v) is 5.89. The van der Waals surface area contributed by atoms with Gasteiger partial charge in [0.25, 0.3) is 0 Å². The molecular formula is C15H25NO. The molecule has 17 heavy (non-hydrogen) atoms. The number of nitrogens with two attached hydrogens (primary N) is 1. The molecule has 3 N–H and O–H groups in total. The van der Waals surface area contributed by atoms with Gasteiger partial charge >= 0.3 is 0 Å². The first kappa shape index (κ1) is 14.2. The molecular weight excluding hydrogens is 210 g/mol. The molecule has 2 nitrogen and oxygen atoms in total. The van der Waals surface area contributed by atoms with Crippen LogP contribution in [0, 0.1) is 13.8 Å². The number of aliphatic hydroxyl groups excluding tert-OH is 1. The minimum Gasteiger partial charge on any atom is -0.396 e. The van der Waals surface area contributed by atoms with Crippen LogP contribution >= 0.6 is 0 Å². The van der Waals surface area contributed by atoms with Gasteiger partial charge in [-0.25, -0.2) is 0 Å². The van der Waals surface area contributed by atoms with E-state index in [2.05, 4.69) is 46.8 Å². The van der Waals surface area contributed by atoms with Crippen LogP contribution < -0.4 is 5.73 Å². The van der Waals surface area contributed by atoms with Crippen molar-refractivity contribution in [2.45, 2.75) is 52.5 Å². The summed E-state index contributed by atoms with van der Waals surface area (Å²) in [6.07, 6.45) is 0.622. The first-order valence-corrected chi connectivity index (χ1v) is 6.25. The smallest absolute Gasteiger partial charge is 0.0449 e. The zero-order valence-electron chi connectivity index (χ0n) is 11.7. The number of hydrogen-bond acceptors (Lipinski definition) is 2. The zero-order valence-corrected chi connectivity index (χ0v) is 11.7. The molecule has 2 heteroatoms. The third-order valence-electron chi connectivity index (χ3n) is 3.27. The van der Waals surface area contributed by atoms with Crippen molar-refractivity contribution in [1.29, 1.82) is 0 Å². The highest BCUT2D eigenvalue weighted by Gasteiger charge is 2.18. The van der Waals surface area contributed by atoms with Crippen LogP contribution in [-0.4, -0.2) is 11.7 Å². The summed E-state index contributed by atoms with van der Waals surface area (Å²) >= 11 is 0. The SMILES string of the molecule is Cc1cc(C(C)(C)C)cc(C)c1C(N)CCO. The van der Waals surface area contributed by atoms with Gasteiger partial charge in [0.05, 0.1) is 0 Å². The van der Waals surface area contributed by atoms with E-state index < -0.39 is 0 Å². The van der Waals surface area contributed by atoms with Gasteiger partial charge in [-0.1, -0.05) is 32.9 Å². The average Bonchev–Trinajstić information content (AvgIpc) is 2.15. The van der Waals surface area contributed by atoms with Gasteiger partial charge in [-0.3, -0.25) is 0 Å². The van der Waals surface area contributed by atoms with E-state index in [1.165, 1.54) is 22.3 Å². The van der Waals surface area contributed by atoms with Gasteiger partial charge < -0.3 is 10.8 Å². The molecule has 0 radical (unpaired) electrons. The number of benzene rings is 1. The highest BCUT2D eigenvalue weighted by atomic mass is 16.3. The predicted molar refractivity (Wildman–Crippen MR) is 73.2 cm³/mol.